The number of anilines is 1. The van der Waals surface area contributed by atoms with Gasteiger partial charge < -0.3 is 10.3 Å². The van der Waals surface area contributed by atoms with E-state index in [2.05, 4.69) is 15.9 Å². The molecule has 0 spiro atoms. The van der Waals surface area contributed by atoms with Crippen molar-refractivity contribution in [2.45, 2.75) is 6.54 Å². The lowest BCUT2D eigenvalue weighted by atomic mass is 10.1. The van der Waals surface area contributed by atoms with E-state index in [1.807, 2.05) is 54.7 Å². The summed E-state index contributed by atoms with van der Waals surface area (Å²) >= 11 is 3.40. The molecule has 3 aromatic rings. The summed E-state index contributed by atoms with van der Waals surface area (Å²) in [5, 5.41) is 1.67. The number of hydrogen-bond donors (Lipinski definition) is 1. The number of pyridine rings is 1. The Morgan fingerprint density at radius 2 is 1.80 bits per heavy atom. The van der Waals surface area contributed by atoms with Gasteiger partial charge in [0.1, 0.15) is 0 Å². The van der Waals surface area contributed by atoms with Crippen LogP contribution in [0.15, 0.2) is 64.0 Å². The molecule has 1 aromatic heterocycles. The maximum absolute atomic E-state index is 12.5. The number of aromatic nitrogens is 1. The molecule has 0 aliphatic heterocycles. The zero-order chi connectivity index (χ0) is 14.1. The fraction of sp³-hybridized carbons (Fsp3) is 0.0625. The van der Waals surface area contributed by atoms with E-state index in [-0.39, 0.29) is 5.56 Å². The van der Waals surface area contributed by atoms with Crippen LogP contribution in [0.1, 0.15) is 5.56 Å². The van der Waals surface area contributed by atoms with E-state index in [9.17, 15) is 4.79 Å². The first-order valence-corrected chi connectivity index (χ1v) is 7.06. The van der Waals surface area contributed by atoms with E-state index in [0.29, 0.717) is 6.54 Å². The van der Waals surface area contributed by atoms with Crippen molar-refractivity contribution in [1.29, 1.82) is 0 Å². The molecule has 3 nitrogen and oxygen atoms in total. The van der Waals surface area contributed by atoms with Gasteiger partial charge in [-0.2, -0.15) is 0 Å². The standard InChI is InChI=1S/C16H13BrN2O/c17-13-4-3-12-7-8-19(16(20)15(12)9-13)10-11-1-5-14(18)6-2-11/h1-9H,10,18H2. The number of nitrogens with zero attached hydrogens (tertiary/aromatic N) is 1. The van der Waals surface area contributed by atoms with Gasteiger partial charge in [-0.1, -0.05) is 34.1 Å². The summed E-state index contributed by atoms with van der Waals surface area (Å²) in [6.45, 7) is 0.543. The van der Waals surface area contributed by atoms with Gasteiger partial charge in [0.2, 0.25) is 0 Å². The molecule has 0 aliphatic rings. The molecule has 0 saturated heterocycles. The van der Waals surface area contributed by atoms with Crippen molar-refractivity contribution in [2.24, 2.45) is 0 Å². The summed E-state index contributed by atoms with van der Waals surface area (Å²) in [4.78, 5) is 12.5. The van der Waals surface area contributed by atoms with E-state index >= 15 is 0 Å². The molecule has 100 valence electrons. The number of halogens is 1. The molecule has 0 amide bonds. The Bertz CT molecular complexity index is 822. The van der Waals surface area contributed by atoms with Crippen LogP contribution in [-0.2, 0) is 6.54 Å². The van der Waals surface area contributed by atoms with Gasteiger partial charge in [0.25, 0.3) is 5.56 Å². The summed E-state index contributed by atoms with van der Waals surface area (Å²) in [7, 11) is 0. The molecule has 0 aliphatic carbocycles. The minimum absolute atomic E-state index is 0.0145. The zero-order valence-electron chi connectivity index (χ0n) is 10.7. The number of fused-ring (bicyclic) bond motifs is 1. The molecule has 1 heterocycles. The first-order valence-electron chi connectivity index (χ1n) is 6.26. The molecule has 2 N–H and O–H groups in total. The van der Waals surface area contributed by atoms with Crippen LogP contribution in [-0.4, -0.2) is 4.57 Å². The highest BCUT2D eigenvalue weighted by atomic mass is 79.9. The van der Waals surface area contributed by atoms with Crippen molar-refractivity contribution in [3.8, 4) is 0 Å². The van der Waals surface area contributed by atoms with Crippen LogP contribution in [0.3, 0.4) is 0 Å². The molecule has 3 rings (SSSR count). The van der Waals surface area contributed by atoms with Crippen LogP contribution in [0, 0.1) is 0 Å². The van der Waals surface area contributed by atoms with Gasteiger partial charge in [0, 0.05) is 21.7 Å². The number of nitrogens with two attached hydrogens (primary N) is 1. The maximum Gasteiger partial charge on any atom is 0.258 e. The van der Waals surface area contributed by atoms with Crippen LogP contribution in [0.25, 0.3) is 10.8 Å². The van der Waals surface area contributed by atoms with Crippen LogP contribution < -0.4 is 11.3 Å². The Morgan fingerprint density at radius 3 is 2.55 bits per heavy atom. The lowest BCUT2D eigenvalue weighted by molar-refractivity contribution is 0.768. The minimum atomic E-state index is 0.0145. The van der Waals surface area contributed by atoms with E-state index in [1.54, 1.807) is 4.57 Å². The lowest BCUT2D eigenvalue weighted by Gasteiger charge is -2.08. The predicted molar refractivity (Wildman–Crippen MR) is 85.9 cm³/mol. The van der Waals surface area contributed by atoms with Crippen molar-refractivity contribution >= 4 is 32.4 Å². The fourth-order valence-electron chi connectivity index (χ4n) is 2.20. The average Bonchev–Trinajstić information content (AvgIpc) is 2.45. The molecule has 0 unspecified atom stereocenters. The van der Waals surface area contributed by atoms with Crippen molar-refractivity contribution in [3.63, 3.8) is 0 Å². The third kappa shape index (κ3) is 2.47. The number of rotatable bonds is 2. The smallest absolute Gasteiger partial charge is 0.258 e. The Morgan fingerprint density at radius 1 is 1.05 bits per heavy atom. The highest BCUT2D eigenvalue weighted by molar-refractivity contribution is 9.10. The Labute approximate surface area is 124 Å². The molecule has 0 radical (unpaired) electrons. The highest BCUT2D eigenvalue weighted by Gasteiger charge is 2.04. The second-order valence-corrected chi connectivity index (χ2v) is 5.64. The van der Waals surface area contributed by atoms with Crippen LogP contribution in [0.4, 0.5) is 5.69 Å². The number of nitrogen functional groups attached to an aromatic ring is 1. The maximum atomic E-state index is 12.5. The summed E-state index contributed by atoms with van der Waals surface area (Å²) < 4.78 is 2.62. The SMILES string of the molecule is Nc1ccc(Cn2ccc3ccc(Br)cc3c2=O)cc1. The van der Waals surface area contributed by atoms with Crippen molar-refractivity contribution in [3.05, 3.63) is 75.1 Å². The van der Waals surface area contributed by atoms with Gasteiger partial charge in [0.05, 0.1) is 6.54 Å². The van der Waals surface area contributed by atoms with E-state index < -0.39 is 0 Å². The summed E-state index contributed by atoms with van der Waals surface area (Å²) in [5.74, 6) is 0. The minimum Gasteiger partial charge on any atom is -0.399 e. The second kappa shape index (κ2) is 5.13. The number of hydrogen-bond acceptors (Lipinski definition) is 2. The molecule has 2 aromatic carbocycles. The topological polar surface area (TPSA) is 48.0 Å². The largest absolute Gasteiger partial charge is 0.399 e. The third-order valence-electron chi connectivity index (χ3n) is 3.27. The Hall–Kier alpha value is -2.07. The van der Waals surface area contributed by atoms with Gasteiger partial charge >= 0.3 is 0 Å². The summed E-state index contributed by atoms with van der Waals surface area (Å²) in [6, 6.07) is 15.3. The normalized spacial score (nSPS) is 10.8. The Balaban J connectivity index is 2.06. The van der Waals surface area contributed by atoms with Crippen LogP contribution in [0.2, 0.25) is 0 Å². The molecular formula is C16H13BrN2O. The molecule has 0 bridgehead atoms. The van der Waals surface area contributed by atoms with Gasteiger partial charge in [-0.3, -0.25) is 4.79 Å². The van der Waals surface area contributed by atoms with Crippen LogP contribution >= 0.6 is 15.9 Å². The molecule has 20 heavy (non-hydrogen) atoms. The van der Waals surface area contributed by atoms with Gasteiger partial charge in [-0.25, -0.2) is 0 Å². The second-order valence-electron chi connectivity index (χ2n) is 4.72. The van der Waals surface area contributed by atoms with Gasteiger partial charge in [-0.15, -0.1) is 0 Å². The van der Waals surface area contributed by atoms with Crippen molar-refractivity contribution < 1.29 is 0 Å². The van der Waals surface area contributed by atoms with Crippen molar-refractivity contribution in [1.82, 2.24) is 4.57 Å². The molecule has 0 saturated carbocycles. The number of benzene rings is 2. The molecule has 0 fully saturated rings. The molecular weight excluding hydrogens is 316 g/mol. The third-order valence-corrected chi connectivity index (χ3v) is 3.77. The van der Waals surface area contributed by atoms with Crippen molar-refractivity contribution in [2.75, 3.05) is 5.73 Å². The Kier molecular flexibility index (Phi) is 3.32. The molecule has 0 atom stereocenters. The summed E-state index contributed by atoms with van der Waals surface area (Å²) in [6.07, 6.45) is 1.83. The van der Waals surface area contributed by atoms with E-state index in [0.717, 1.165) is 26.5 Å². The summed E-state index contributed by atoms with van der Waals surface area (Å²) in [5.41, 5.74) is 7.46. The highest BCUT2D eigenvalue weighted by Crippen LogP contribution is 2.17. The lowest BCUT2D eigenvalue weighted by Crippen LogP contribution is -2.20. The molecule has 4 heteroatoms. The fourth-order valence-corrected chi connectivity index (χ4v) is 2.56. The average molecular weight is 329 g/mol. The first kappa shape index (κ1) is 12.9. The predicted octanol–water partition coefficient (Wildman–Crippen LogP) is 3.39. The zero-order valence-corrected chi connectivity index (χ0v) is 12.3. The first-order chi connectivity index (χ1) is 9.63. The van der Waals surface area contributed by atoms with E-state index in [1.165, 1.54) is 0 Å². The quantitative estimate of drug-likeness (QED) is 0.733. The van der Waals surface area contributed by atoms with Crippen LogP contribution in [0.5, 0.6) is 0 Å². The monoisotopic (exact) mass is 328 g/mol. The van der Waals surface area contributed by atoms with Gasteiger partial charge in [0.15, 0.2) is 0 Å². The van der Waals surface area contributed by atoms with Gasteiger partial charge in [-0.05, 0) is 41.3 Å². The van der Waals surface area contributed by atoms with E-state index in [4.69, 9.17) is 5.73 Å².